The van der Waals surface area contributed by atoms with Gasteiger partial charge in [0.2, 0.25) is 0 Å². The largest absolute Gasteiger partial charge is 0.511 e. The van der Waals surface area contributed by atoms with Crippen LogP contribution >= 0.6 is 0 Å². The van der Waals surface area contributed by atoms with Gasteiger partial charge >= 0.3 is 12.2 Å². The molecular weight excluding hydrogens is 498 g/mol. The first-order valence-corrected chi connectivity index (χ1v) is 17.8. The minimum absolute atomic E-state index is 0.0277. The summed E-state index contributed by atoms with van der Waals surface area (Å²) in [7, 11) is -2.20. The maximum atomic E-state index is 12.3. The predicted molar refractivity (Wildman–Crippen MR) is 157 cm³/mol. The molecule has 222 valence electrons. The minimum atomic E-state index is -2.20. The average molecular weight is 556 g/mol. The van der Waals surface area contributed by atoms with Gasteiger partial charge in [-0.3, -0.25) is 0 Å². The molecule has 0 aromatic carbocycles. The van der Waals surface area contributed by atoms with Gasteiger partial charge in [-0.25, -0.2) is 9.59 Å². The van der Waals surface area contributed by atoms with Gasteiger partial charge in [-0.1, -0.05) is 104 Å². The highest BCUT2D eigenvalue weighted by Gasteiger charge is 2.47. The van der Waals surface area contributed by atoms with Gasteiger partial charge in [0.1, 0.15) is 11.6 Å². The second kappa shape index (κ2) is 16.5. The highest BCUT2D eigenvalue weighted by atomic mass is 28.4. The summed E-state index contributed by atoms with van der Waals surface area (Å²) in [5.74, 6) is 0. The number of ether oxygens (including phenoxy) is 3. The molecule has 38 heavy (non-hydrogen) atoms. The van der Waals surface area contributed by atoms with E-state index >= 15 is 0 Å². The maximum Gasteiger partial charge on any atom is 0.511 e. The van der Waals surface area contributed by atoms with Gasteiger partial charge in [-0.2, -0.15) is 0 Å². The first-order valence-electron chi connectivity index (χ1n) is 14.9. The van der Waals surface area contributed by atoms with E-state index < -0.39 is 44.6 Å². The fraction of sp³-hybridized carbons (Fsp3) is 0.867. The molecule has 0 saturated carbocycles. The third-order valence-electron chi connectivity index (χ3n) is 7.29. The topological polar surface area (TPSA) is 83.1 Å². The summed E-state index contributed by atoms with van der Waals surface area (Å²) in [5, 5.41) is 2.77. The summed E-state index contributed by atoms with van der Waals surface area (Å²) in [4.78, 5) is 24.5. The number of hydrogen-bond donors (Lipinski definition) is 1. The maximum absolute atomic E-state index is 12.3. The molecule has 1 aliphatic rings. The normalized spacial score (nSPS) is 19.3. The van der Waals surface area contributed by atoms with Gasteiger partial charge in [0.25, 0.3) is 6.29 Å². The van der Waals surface area contributed by atoms with Crippen molar-refractivity contribution in [2.75, 3.05) is 0 Å². The Morgan fingerprint density at radius 3 is 1.97 bits per heavy atom. The van der Waals surface area contributed by atoms with Crippen LogP contribution < -0.4 is 5.32 Å². The molecule has 1 fully saturated rings. The fourth-order valence-electron chi connectivity index (χ4n) is 4.03. The SMILES string of the molecule is CCCCCCCCCCCCC/C=C/[C@@H](O[Si](C)(C)C(C)(C)C)[C@H]1NC(=O)OC1OC(=O)OC(C)(C)C. The van der Waals surface area contributed by atoms with E-state index in [1.165, 1.54) is 64.2 Å². The Morgan fingerprint density at radius 1 is 0.947 bits per heavy atom. The van der Waals surface area contributed by atoms with Gasteiger partial charge in [-0.15, -0.1) is 0 Å². The molecule has 3 atom stereocenters. The number of carbonyl (C=O) groups is 2. The molecule has 0 aliphatic carbocycles. The zero-order valence-corrected chi connectivity index (χ0v) is 26.8. The van der Waals surface area contributed by atoms with Crippen LogP contribution in [-0.2, 0) is 18.6 Å². The number of hydrogen-bond acceptors (Lipinski definition) is 6. The Labute approximate surface area is 233 Å². The van der Waals surface area contributed by atoms with Crippen molar-refractivity contribution in [2.24, 2.45) is 0 Å². The van der Waals surface area contributed by atoms with Crippen LogP contribution in [0.15, 0.2) is 12.2 Å². The molecule has 1 unspecified atom stereocenters. The number of nitrogens with one attached hydrogen (secondary N) is 1. The molecule has 1 rings (SSSR count). The van der Waals surface area contributed by atoms with Crippen molar-refractivity contribution < 1.29 is 28.2 Å². The molecule has 0 radical (unpaired) electrons. The molecule has 0 spiro atoms. The molecule has 0 bridgehead atoms. The number of alkyl carbamates (subject to hydrolysis) is 1. The van der Waals surface area contributed by atoms with Crippen molar-refractivity contribution in [3.63, 3.8) is 0 Å². The van der Waals surface area contributed by atoms with Crippen molar-refractivity contribution >= 4 is 20.6 Å². The van der Waals surface area contributed by atoms with Crippen molar-refractivity contribution in [3.8, 4) is 0 Å². The average Bonchev–Trinajstić information content (AvgIpc) is 3.13. The number of amides is 1. The van der Waals surface area contributed by atoms with Gasteiger partial charge in [0, 0.05) is 0 Å². The molecular formula is C30H57NO6Si. The Hall–Kier alpha value is -1.54. The van der Waals surface area contributed by atoms with Crippen molar-refractivity contribution in [3.05, 3.63) is 12.2 Å². The van der Waals surface area contributed by atoms with Crippen LogP contribution in [0.3, 0.4) is 0 Å². The van der Waals surface area contributed by atoms with Gasteiger partial charge in [0.05, 0.1) is 6.10 Å². The summed E-state index contributed by atoms with van der Waals surface area (Å²) in [6, 6.07) is -0.655. The molecule has 1 saturated heterocycles. The Morgan fingerprint density at radius 2 is 1.47 bits per heavy atom. The highest BCUT2D eigenvalue weighted by molar-refractivity contribution is 6.74. The van der Waals surface area contributed by atoms with E-state index in [1.54, 1.807) is 20.8 Å². The predicted octanol–water partition coefficient (Wildman–Crippen LogP) is 9.02. The number of allylic oxidation sites excluding steroid dienone is 1. The fourth-order valence-corrected chi connectivity index (χ4v) is 5.29. The van der Waals surface area contributed by atoms with Crippen LogP contribution in [0, 0.1) is 0 Å². The summed E-state index contributed by atoms with van der Waals surface area (Å²) in [6.45, 7) is 18.4. The Balaban J connectivity index is 2.67. The smallest absolute Gasteiger partial charge is 0.428 e. The van der Waals surface area contributed by atoms with E-state index in [4.69, 9.17) is 18.6 Å². The van der Waals surface area contributed by atoms with E-state index in [-0.39, 0.29) is 5.04 Å². The Bertz CT molecular complexity index is 725. The molecule has 1 aliphatic heterocycles. The zero-order chi connectivity index (χ0) is 28.8. The van der Waals surface area contributed by atoms with Gasteiger partial charge in [-0.05, 0) is 51.7 Å². The molecule has 1 amide bonds. The lowest BCUT2D eigenvalue weighted by Gasteiger charge is -2.40. The van der Waals surface area contributed by atoms with Crippen LogP contribution in [0.5, 0.6) is 0 Å². The minimum Gasteiger partial charge on any atom is -0.428 e. The first kappa shape index (κ1) is 34.5. The molecule has 1 N–H and O–H groups in total. The monoisotopic (exact) mass is 555 g/mol. The van der Waals surface area contributed by atoms with Crippen molar-refractivity contribution in [1.82, 2.24) is 5.32 Å². The zero-order valence-electron chi connectivity index (χ0n) is 25.8. The lowest BCUT2D eigenvalue weighted by molar-refractivity contribution is -0.102. The lowest BCUT2D eigenvalue weighted by atomic mass is 10.0. The number of cyclic esters (lactones) is 1. The van der Waals surface area contributed by atoms with Crippen LogP contribution in [-0.4, -0.2) is 44.6 Å². The molecule has 1 heterocycles. The Kier molecular flexibility index (Phi) is 15.0. The van der Waals surface area contributed by atoms with Crippen molar-refractivity contribution in [1.29, 1.82) is 0 Å². The lowest BCUT2D eigenvalue weighted by Crippen LogP contribution is -2.52. The van der Waals surface area contributed by atoms with Gasteiger partial charge < -0.3 is 24.0 Å². The third-order valence-corrected chi connectivity index (χ3v) is 11.8. The number of carbonyl (C=O) groups excluding carboxylic acids is 2. The first-order chi connectivity index (χ1) is 17.7. The van der Waals surface area contributed by atoms with Crippen LogP contribution in [0.25, 0.3) is 0 Å². The van der Waals surface area contributed by atoms with E-state index in [1.807, 2.05) is 6.08 Å². The van der Waals surface area contributed by atoms with E-state index in [9.17, 15) is 9.59 Å². The van der Waals surface area contributed by atoms with Crippen molar-refractivity contribution in [2.45, 2.75) is 168 Å². The number of rotatable bonds is 17. The van der Waals surface area contributed by atoms with E-state index in [2.05, 4.69) is 52.2 Å². The van der Waals surface area contributed by atoms with Crippen LogP contribution in [0.4, 0.5) is 9.59 Å². The van der Waals surface area contributed by atoms with Crippen LogP contribution in [0.2, 0.25) is 18.1 Å². The second-order valence-corrected chi connectivity index (χ2v) is 17.9. The standard InChI is InChI=1S/C30H57NO6Si/c1-10-11-12-13-14-15-16-17-18-19-20-21-22-23-24(37-38(8,9)30(5,6)7)25-26(34-27(32)31-25)35-28(33)36-29(2,3)4/h22-26H,10-21H2,1-9H3,(H,31,32)/b23-22+/t24-,25-,26?/m1/s1. The molecule has 7 nitrogen and oxygen atoms in total. The quantitative estimate of drug-likeness (QED) is 0.0834. The molecule has 0 aromatic rings. The number of unbranched alkanes of at least 4 members (excludes halogenated alkanes) is 11. The highest BCUT2D eigenvalue weighted by Crippen LogP contribution is 2.38. The van der Waals surface area contributed by atoms with Gasteiger partial charge in [0.15, 0.2) is 8.32 Å². The summed E-state index contributed by atoms with van der Waals surface area (Å²) in [6.07, 6.45) is 16.4. The third kappa shape index (κ3) is 14.0. The van der Waals surface area contributed by atoms with E-state index in [0.29, 0.717) is 0 Å². The molecule has 8 heteroatoms. The summed E-state index contributed by atoms with van der Waals surface area (Å²) >= 11 is 0. The van der Waals surface area contributed by atoms with E-state index in [0.717, 1.165) is 12.8 Å². The summed E-state index contributed by atoms with van der Waals surface area (Å²) < 4.78 is 22.6. The second-order valence-electron chi connectivity index (χ2n) is 13.1. The molecule has 0 aromatic heterocycles. The van der Waals surface area contributed by atoms with Crippen LogP contribution in [0.1, 0.15) is 126 Å². The summed E-state index contributed by atoms with van der Waals surface area (Å²) in [5.41, 5.74) is -0.714.